The first-order chi connectivity index (χ1) is 9.66. The number of nitrogens with one attached hydrogen (secondary N) is 3. The number of halogens is 1. The van der Waals surface area contributed by atoms with Gasteiger partial charge in [0.05, 0.1) is 17.3 Å². The molecule has 0 aliphatic carbocycles. The van der Waals surface area contributed by atoms with Crippen molar-refractivity contribution in [3.05, 3.63) is 24.0 Å². The highest BCUT2D eigenvalue weighted by Gasteiger charge is 2.26. The summed E-state index contributed by atoms with van der Waals surface area (Å²) in [5.41, 5.74) is 6.85. The van der Waals surface area contributed by atoms with Crippen LogP contribution in [0.1, 0.15) is 16.8 Å². The Balaban J connectivity index is 2.01. The second-order valence-electron chi connectivity index (χ2n) is 4.91. The number of amides is 1. The number of hydrogen-bond acceptors (Lipinski definition) is 4. The van der Waals surface area contributed by atoms with Gasteiger partial charge in [-0.25, -0.2) is 9.37 Å². The number of fused-ring (bicyclic) bond motifs is 1. The Morgan fingerprint density at radius 1 is 1.55 bits per heavy atom. The molecule has 0 radical (unpaired) electrons. The van der Waals surface area contributed by atoms with Crippen LogP contribution in [0, 0.1) is 0 Å². The van der Waals surface area contributed by atoms with E-state index < -0.39 is 12.1 Å². The van der Waals surface area contributed by atoms with E-state index in [9.17, 15) is 9.18 Å². The highest BCUT2D eigenvalue weighted by molar-refractivity contribution is 6.05. The Morgan fingerprint density at radius 2 is 2.40 bits per heavy atom. The smallest absolute Gasteiger partial charge is 0.252 e. The van der Waals surface area contributed by atoms with E-state index in [0.717, 1.165) is 11.9 Å². The largest absolute Gasteiger partial charge is 0.378 e. The molecule has 1 saturated heterocycles. The molecule has 2 atom stereocenters. The molecule has 1 fully saturated rings. The van der Waals surface area contributed by atoms with E-state index in [2.05, 4.69) is 20.6 Å². The number of carbonyl (C=O) groups excluding carboxylic acids is 1. The van der Waals surface area contributed by atoms with Crippen LogP contribution >= 0.6 is 0 Å². The summed E-state index contributed by atoms with van der Waals surface area (Å²) in [7, 11) is 0. The normalized spacial score (nSPS) is 22.9. The van der Waals surface area contributed by atoms with Gasteiger partial charge in [0.2, 0.25) is 0 Å². The molecule has 1 amide bonds. The van der Waals surface area contributed by atoms with E-state index in [0.29, 0.717) is 24.3 Å². The quantitative estimate of drug-likeness (QED) is 0.666. The number of anilines is 1. The summed E-state index contributed by atoms with van der Waals surface area (Å²) in [6, 6.07) is 1.46. The summed E-state index contributed by atoms with van der Waals surface area (Å²) >= 11 is 0. The van der Waals surface area contributed by atoms with Gasteiger partial charge in [0, 0.05) is 24.3 Å². The first-order valence-corrected chi connectivity index (χ1v) is 6.54. The van der Waals surface area contributed by atoms with Crippen molar-refractivity contribution >= 4 is 22.6 Å². The Hall–Kier alpha value is -2.15. The van der Waals surface area contributed by atoms with Gasteiger partial charge in [0.25, 0.3) is 5.91 Å². The average Bonchev–Trinajstić information content (AvgIpc) is 2.90. The third kappa shape index (κ3) is 2.20. The number of carbonyl (C=O) groups is 1. The fraction of sp³-hybridized carbons (Fsp3) is 0.385. The van der Waals surface area contributed by atoms with Crippen LogP contribution in [-0.2, 0) is 0 Å². The highest BCUT2D eigenvalue weighted by atomic mass is 19.1. The fourth-order valence-electron chi connectivity index (χ4n) is 2.52. The Bertz CT molecular complexity index is 641. The number of pyridine rings is 1. The SMILES string of the molecule is NC(=O)c1cnc2[nH]ccc2c1N[C@@H]1CCNC[C@@H]1F. The lowest BCUT2D eigenvalue weighted by atomic mass is 10.0. The molecular formula is C13H16FN5O. The van der Waals surface area contributed by atoms with Crippen LogP contribution < -0.4 is 16.4 Å². The molecule has 6 nitrogen and oxygen atoms in total. The molecule has 1 aliphatic rings. The maximum atomic E-state index is 13.9. The molecular weight excluding hydrogens is 261 g/mol. The molecule has 3 rings (SSSR count). The van der Waals surface area contributed by atoms with Gasteiger partial charge in [-0.3, -0.25) is 4.79 Å². The van der Waals surface area contributed by atoms with Gasteiger partial charge >= 0.3 is 0 Å². The Kier molecular flexibility index (Phi) is 3.27. The van der Waals surface area contributed by atoms with Gasteiger partial charge in [-0.1, -0.05) is 0 Å². The number of H-pyrrole nitrogens is 1. The highest BCUT2D eigenvalue weighted by Crippen LogP contribution is 2.27. The topological polar surface area (TPSA) is 95.8 Å². The maximum absolute atomic E-state index is 13.9. The summed E-state index contributed by atoms with van der Waals surface area (Å²) in [5, 5.41) is 6.87. The number of nitrogens with two attached hydrogens (primary N) is 1. The number of primary amides is 1. The zero-order valence-electron chi connectivity index (χ0n) is 10.8. The second-order valence-corrected chi connectivity index (χ2v) is 4.91. The van der Waals surface area contributed by atoms with Gasteiger partial charge in [-0.2, -0.15) is 0 Å². The van der Waals surface area contributed by atoms with Crippen molar-refractivity contribution in [2.45, 2.75) is 18.6 Å². The first-order valence-electron chi connectivity index (χ1n) is 6.54. The van der Waals surface area contributed by atoms with Crippen molar-refractivity contribution in [3.8, 4) is 0 Å². The summed E-state index contributed by atoms with van der Waals surface area (Å²) in [4.78, 5) is 18.6. The number of aromatic nitrogens is 2. The first kappa shape index (κ1) is 12.9. The van der Waals surface area contributed by atoms with Crippen LogP contribution in [0.25, 0.3) is 11.0 Å². The van der Waals surface area contributed by atoms with E-state index in [-0.39, 0.29) is 11.6 Å². The van der Waals surface area contributed by atoms with E-state index in [4.69, 9.17) is 5.73 Å². The van der Waals surface area contributed by atoms with Crippen LogP contribution in [-0.4, -0.2) is 41.2 Å². The molecule has 5 N–H and O–H groups in total. The third-order valence-electron chi connectivity index (χ3n) is 3.59. The molecule has 0 bridgehead atoms. The number of nitrogens with zero attached hydrogens (tertiary/aromatic N) is 1. The molecule has 7 heteroatoms. The minimum Gasteiger partial charge on any atom is -0.378 e. The number of piperidine rings is 1. The summed E-state index contributed by atoms with van der Waals surface area (Å²) in [6.45, 7) is 1.05. The predicted molar refractivity (Wildman–Crippen MR) is 74.4 cm³/mol. The molecule has 2 aromatic rings. The maximum Gasteiger partial charge on any atom is 0.252 e. The summed E-state index contributed by atoms with van der Waals surface area (Å²) in [5.74, 6) is -0.576. The molecule has 0 aromatic carbocycles. The van der Waals surface area contributed by atoms with Crippen molar-refractivity contribution in [1.82, 2.24) is 15.3 Å². The molecule has 20 heavy (non-hydrogen) atoms. The van der Waals surface area contributed by atoms with E-state index in [1.54, 1.807) is 12.3 Å². The Morgan fingerprint density at radius 3 is 3.15 bits per heavy atom. The lowest BCUT2D eigenvalue weighted by molar-refractivity contribution is 0.100. The van der Waals surface area contributed by atoms with E-state index in [1.807, 2.05) is 0 Å². The van der Waals surface area contributed by atoms with Gasteiger partial charge in [0.1, 0.15) is 11.8 Å². The number of hydrogen-bond donors (Lipinski definition) is 4. The summed E-state index contributed by atoms with van der Waals surface area (Å²) in [6.07, 6.45) is 2.78. The number of aromatic amines is 1. The van der Waals surface area contributed by atoms with Crippen molar-refractivity contribution in [1.29, 1.82) is 0 Å². The van der Waals surface area contributed by atoms with Crippen molar-refractivity contribution in [3.63, 3.8) is 0 Å². The fourth-order valence-corrected chi connectivity index (χ4v) is 2.52. The van der Waals surface area contributed by atoms with Crippen molar-refractivity contribution in [2.24, 2.45) is 5.73 Å². The molecule has 0 spiro atoms. The van der Waals surface area contributed by atoms with Crippen molar-refractivity contribution < 1.29 is 9.18 Å². The van der Waals surface area contributed by atoms with E-state index >= 15 is 0 Å². The second kappa shape index (κ2) is 5.09. The van der Waals surface area contributed by atoms with Crippen LogP contribution in [0.4, 0.5) is 10.1 Å². The van der Waals surface area contributed by atoms with Crippen LogP contribution in [0.2, 0.25) is 0 Å². The van der Waals surface area contributed by atoms with Crippen molar-refractivity contribution in [2.75, 3.05) is 18.4 Å². The zero-order valence-corrected chi connectivity index (χ0v) is 10.8. The predicted octanol–water partition coefficient (Wildman–Crippen LogP) is 0.774. The monoisotopic (exact) mass is 277 g/mol. The molecule has 0 saturated carbocycles. The molecule has 106 valence electrons. The minimum atomic E-state index is -1.01. The van der Waals surface area contributed by atoms with Gasteiger partial charge < -0.3 is 21.4 Å². The number of alkyl halides is 1. The molecule has 1 aliphatic heterocycles. The summed E-state index contributed by atoms with van der Waals surface area (Å²) < 4.78 is 13.9. The van der Waals surface area contributed by atoms with E-state index in [1.165, 1.54) is 6.20 Å². The lowest BCUT2D eigenvalue weighted by Crippen LogP contribution is -2.45. The molecule has 2 aromatic heterocycles. The van der Waals surface area contributed by atoms with Gasteiger partial charge in [0.15, 0.2) is 0 Å². The molecule has 0 unspecified atom stereocenters. The van der Waals surface area contributed by atoms with Crippen LogP contribution in [0.15, 0.2) is 18.5 Å². The molecule has 3 heterocycles. The van der Waals surface area contributed by atoms with Gasteiger partial charge in [-0.05, 0) is 19.0 Å². The zero-order chi connectivity index (χ0) is 14.1. The third-order valence-corrected chi connectivity index (χ3v) is 3.59. The standard InChI is InChI=1S/C13H16FN5O/c14-9-6-16-3-2-10(9)19-11-7-1-4-17-13(7)18-5-8(11)12(15)20/h1,4-5,9-10,16H,2-3,6H2,(H2,15,20)(H2,17,18,19)/t9-,10+/m0/s1. The lowest BCUT2D eigenvalue weighted by Gasteiger charge is -2.29. The Labute approximate surface area is 114 Å². The minimum absolute atomic E-state index is 0.280. The average molecular weight is 277 g/mol. The number of rotatable bonds is 3. The van der Waals surface area contributed by atoms with Crippen LogP contribution in [0.3, 0.4) is 0 Å². The van der Waals surface area contributed by atoms with Crippen LogP contribution in [0.5, 0.6) is 0 Å². The van der Waals surface area contributed by atoms with Gasteiger partial charge in [-0.15, -0.1) is 0 Å².